The molecule has 2 N–H and O–H groups in total. The van der Waals surface area contributed by atoms with Gasteiger partial charge in [-0.05, 0) is 13.0 Å². The number of fused-ring (bicyclic) bond motifs is 1. The van der Waals surface area contributed by atoms with Crippen LogP contribution in [0.3, 0.4) is 0 Å². The number of amides is 1. The van der Waals surface area contributed by atoms with E-state index in [1.165, 1.54) is 4.90 Å². The van der Waals surface area contributed by atoms with Gasteiger partial charge in [-0.2, -0.15) is 0 Å². The van der Waals surface area contributed by atoms with Crippen LogP contribution in [0.25, 0.3) is 0 Å². The van der Waals surface area contributed by atoms with Crippen LogP contribution in [0.2, 0.25) is 0 Å². The van der Waals surface area contributed by atoms with Crippen molar-refractivity contribution >= 4 is 5.91 Å². The van der Waals surface area contributed by atoms with Crippen LogP contribution >= 0.6 is 0 Å². The molecule has 1 aromatic carbocycles. The summed E-state index contributed by atoms with van der Waals surface area (Å²) in [5, 5.41) is 18.9. The number of rotatable bonds is 2. The highest BCUT2D eigenvalue weighted by Crippen LogP contribution is 2.32. The molecule has 4 nitrogen and oxygen atoms in total. The van der Waals surface area contributed by atoms with Crippen LogP contribution < -0.4 is 0 Å². The van der Waals surface area contributed by atoms with Gasteiger partial charge in [0, 0.05) is 11.1 Å². The summed E-state index contributed by atoms with van der Waals surface area (Å²) in [6, 6.07) is 6.58. The molecule has 1 aliphatic rings. The Morgan fingerprint density at radius 3 is 2.73 bits per heavy atom. The Labute approximate surface area is 87.8 Å². The number of nitrogens with zero attached hydrogens (tertiary/aromatic N) is 1. The maximum Gasteiger partial charge on any atom is 0.256 e. The molecule has 0 radical (unpaired) electrons. The fraction of sp³-hybridized carbons (Fsp3) is 0.364. The number of aliphatic hydroxyl groups excluding tert-OH is 2. The predicted octanol–water partition coefficient (Wildman–Crippen LogP) is 0.514. The molecule has 80 valence electrons. The number of hydrogen-bond donors (Lipinski definition) is 2. The lowest BCUT2D eigenvalue weighted by atomic mass is 10.1. The van der Waals surface area contributed by atoms with Crippen molar-refractivity contribution in [3.63, 3.8) is 0 Å². The second-order valence-corrected chi connectivity index (χ2v) is 3.70. The SMILES string of the molecule is C[C@@H](CO)N1C(=O)c2ccccc2C1O. The molecule has 0 saturated carbocycles. The smallest absolute Gasteiger partial charge is 0.256 e. The first-order valence-electron chi connectivity index (χ1n) is 4.87. The van der Waals surface area contributed by atoms with Crippen molar-refractivity contribution in [2.75, 3.05) is 6.61 Å². The summed E-state index contributed by atoms with van der Waals surface area (Å²) < 4.78 is 0. The van der Waals surface area contributed by atoms with Crippen molar-refractivity contribution in [3.8, 4) is 0 Å². The average molecular weight is 207 g/mol. The summed E-state index contributed by atoms with van der Waals surface area (Å²) in [5.74, 6) is -0.223. The molecule has 0 aromatic heterocycles. The quantitative estimate of drug-likeness (QED) is 0.743. The predicted molar refractivity (Wildman–Crippen MR) is 54.1 cm³/mol. The van der Waals surface area contributed by atoms with Crippen molar-refractivity contribution in [2.24, 2.45) is 0 Å². The van der Waals surface area contributed by atoms with Crippen molar-refractivity contribution in [2.45, 2.75) is 19.2 Å². The highest BCUT2D eigenvalue weighted by molar-refractivity contribution is 5.99. The second-order valence-electron chi connectivity index (χ2n) is 3.70. The fourth-order valence-corrected chi connectivity index (χ4v) is 1.85. The van der Waals surface area contributed by atoms with Gasteiger partial charge in [-0.15, -0.1) is 0 Å². The third-order valence-electron chi connectivity index (χ3n) is 2.71. The van der Waals surface area contributed by atoms with E-state index >= 15 is 0 Å². The third-order valence-corrected chi connectivity index (χ3v) is 2.71. The lowest BCUT2D eigenvalue weighted by Crippen LogP contribution is -2.38. The maximum absolute atomic E-state index is 11.9. The highest BCUT2D eigenvalue weighted by Gasteiger charge is 2.37. The lowest BCUT2D eigenvalue weighted by Gasteiger charge is -2.26. The zero-order valence-electron chi connectivity index (χ0n) is 8.42. The molecule has 1 aliphatic heterocycles. The minimum absolute atomic E-state index is 0.156. The van der Waals surface area contributed by atoms with E-state index in [2.05, 4.69) is 0 Å². The largest absolute Gasteiger partial charge is 0.394 e. The van der Waals surface area contributed by atoms with Gasteiger partial charge < -0.3 is 15.1 Å². The molecule has 1 unspecified atom stereocenters. The van der Waals surface area contributed by atoms with Crippen LogP contribution in [0.15, 0.2) is 24.3 Å². The van der Waals surface area contributed by atoms with Crippen LogP contribution in [0.4, 0.5) is 0 Å². The standard InChI is InChI=1S/C11H13NO3/c1-7(6-13)12-10(14)8-4-2-3-5-9(8)11(12)15/h2-5,7,10,13-14H,6H2,1H3/t7-,10?/m0/s1. The summed E-state index contributed by atoms with van der Waals surface area (Å²) in [6.07, 6.45) is -0.934. The summed E-state index contributed by atoms with van der Waals surface area (Å²) in [4.78, 5) is 13.2. The molecule has 1 heterocycles. The van der Waals surface area contributed by atoms with E-state index in [0.717, 1.165) is 0 Å². The Morgan fingerprint density at radius 2 is 2.13 bits per heavy atom. The summed E-state index contributed by atoms with van der Waals surface area (Å²) in [6.45, 7) is 1.55. The van der Waals surface area contributed by atoms with Gasteiger partial charge in [-0.25, -0.2) is 0 Å². The number of carbonyl (C=O) groups is 1. The molecule has 4 heteroatoms. The van der Waals surface area contributed by atoms with E-state index < -0.39 is 6.23 Å². The van der Waals surface area contributed by atoms with Crippen LogP contribution in [-0.4, -0.2) is 33.7 Å². The Morgan fingerprint density at radius 1 is 1.47 bits per heavy atom. The number of hydrogen-bond acceptors (Lipinski definition) is 3. The maximum atomic E-state index is 11.9. The second kappa shape index (κ2) is 3.64. The minimum atomic E-state index is -0.934. The topological polar surface area (TPSA) is 60.8 Å². The molecular formula is C11H13NO3. The average Bonchev–Trinajstić information content (AvgIpc) is 2.52. The fourth-order valence-electron chi connectivity index (χ4n) is 1.85. The van der Waals surface area contributed by atoms with Crippen LogP contribution in [-0.2, 0) is 0 Å². The number of benzene rings is 1. The molecular weight excluding hydrogens is 194 g/mol. The van der Waals surface area contributed by atoms with E-state index in [9.17, 15) is 9.90 Å². The van der Waals surface area contributed by atoms with Gasteiger partial charge in [0.2, 0.25) is 0 Å². The van der Waals surface area contributed by atoms with Crippen molar-refractivity contribution in [1.29, 1.82) is 0 Å². The number of carbonyl (C=O) groups excluding carboxylic acids is 1. The van der Waals surface area contributed by atoms with Crippen molar-refractivity contribution in [3.05, 3.63) is 35.4 Å². The monoisotopic (exact) mass is 207 g/mol. The first kappa shape index (κ1) is 10.1. The van der Waals surface area contributed by atoms with E-state index in [1.807, 2.05) is 0 Å². The van der Waals surface area contributed by atoms with Crippen LogP contribution in [0.5, 0.6) is 0 Å². The summed E-state index contributed by atoms with van der Waals surface area (Å²) >= 11 is 0. The van der Waals surface area contributed by atoms with E-state index in [-0.39, 0.29) is 18.6 Å². The lowest BCUT2D eigenvalue weighted by molar-refractivity contribution is -0.0109. The highest BCUT2D eigenvalue weighted by atomic mass is 16.3. The van der Waals surface area contributed by atoms with Gasteiger partial charge in [0.1, 0.15) is 0 Å². The summed E-state index contributed by atoms with van der Waals surface area (Å²) in [7, 11) is 0. The molecule has 0 spiro atoms. The van der Waals surface area contributed by atoms with Crippen LogP contribution in [0, 0.1) is 0 Å². The van der Waals surface area contributed by atoms with Gasteiger partial charge in [0.05, 0.1) is 12.6 Å². The van der Waals surface area contributed by atoms with Crippen LogP contribution in [0.1, 0.15) is 29.1 Å². The van der Waals surface area contributed by atoms with Crippen molar-refractivity contribution < 1.29 is 15.0 Å². The van der Waals surface area contributed by atoms with Gasteiger partial charge in [-0.3, -0.25) is 4.79 Å². The minimum Gasteiger partial charge on any atom is -0.394 e. The molecule has 0 aliphatic carbocycles. The molecule has 1 aromatic rings. The molecule has 15 heavy (non-hydrogen) atoms. The van der Waals surface area contributed by atoms with E-state index in [1.54, 1.807) is 31.2 Å². The van der Waals surface area contributed by atoms with Gasteiger partial charge >= 0.3 is 0 Å². The third kappa shape index (κ3) is 1.42. The Hall–Kier alpha value is -1.39. The molecule has 2 rings (SSSR count). The number of aliphatic hydroxyl groups is 2. The molecule has 1 amide bonds. The Balaban J connectivity index is 2.41. The first-order valence-corrected chi connectivity index (χ1v) is 4.87. The molecule has 2 atom stereocenters. The summed E-state index contributed by atoms with van der Waals surface area (Å²) in [5.41, 5.74) is 1.13. The zero-order chi connectivity index (χ0) is 11.0. The normalized spacial score (nSPS) is 21.7. The zero-order valence-corrected chi connectivity index (χ0v) is 8.42. The Bertz CT molecular complexity index is 391. The molecule has 0 saturated heterocycles. The molecule has 0 fully saturated rings. The molecule has 0 bridgehead atoms. The van der Waals surface area contributed by atoms with E-state index in [4.69, 9.17) is 5.11 Å². The van der Waals surface area contributed by atoms with Gasteiger partial charge in [-0.1, -0.05) is 18.2 Å². The van der Waals surface area contributed by atoms with Gasteiger partial charge in [0.25, 0.3) is 5.91 Å². The Kier molecular flexibility index (Phi) is 2.46. The van der Waals surface area contributed by atoms with Crippen molar-refractivity contribution in [1.82, 2.24) is 4.90 Å². The first-order chi connectivity index (χ1) is 7.16. The van der Waals surface area contributed by atoms with E-state index in [0.29, 0.717) is 11.1 Å². The van der Waals surface area contributed by atoms with Gasteiger partial charge in [0.15, 0.2) is 6.23 Å².